The number of hydrazone groups is 1. The van der Waals surface area contributed by atoms with Gasteiger partial charge in [0.05, 0.1) is 33.1 Å². The van der Waals surface area contributed by atoms with E-state index in [2.05, 4.69) is 20.8 Å². The van der Waals surface area contributed by atoms with Crippen molar-refractivity contribution in [3.8, 4) is 23.0 Å². The monoisotopic (exact) mass is 490 g/mol. The van der Waals surface area contributed by atoms with E-state index >= 15 is 0 Å². The molecule has 9 nitrogen and oxygen atoms in total. The second kappa shape index (κ2) is 10.6. The van der Waals surface area contributed by atoms with Gasteiger partial charge in [-0.25, -0.2) is 10.4 Å². The summed E-state index contributed by atoms with van der Waals surface area (Å²) in [6.45, 7) is 0. The SMILES string of the molecule is COc1cc(Nc2nc(C(F)(F)F)ccc2C(=O)N/N=C/c2ccc(O)cc2)cc(OC)c1OC. The second-order valence-corrected chi connectivity index (χ2v) is 6.92. The molecule has 0 spiro atoms. The number of nitrogens with one attached hydrogen (secondary N) is 2. The fourth-order valence-electron chi connectivity index (χ4n) is 2.97. The van der Waals surface area contributed by atoms with Crippen LogP contribution in [0.1, 0.15) is 21.6 Å². The van der Waals surface area contributed by atoms with Crippen molar-refractivity contribution in [2.24, 2.45) is 5.10 Å². The summed E-state index contributed by atoms with van der Waals surface area (Å²) in [4.78, 5) is 16.3. The van der Waals surface area contributed by atoms with Gasteiger partial charge in [-0.2, -0.15) is 18.3 Å². The van der Waals surface area contributed by atoms with Gasteiger partial charge < -0.3 is 24.6 Å². The van der Waals surface area contributed by atoms with Crippen LogP contribution < -0.4 is 25.0 Å². The van der Waals surface area contributed by atoms with Crippen molar-refractivity contribution >= 4 is 23.6 Å². The zero-order valence-corrected chi connectivity index (χ0v) is 18.8. The van der Waals surface area contributed by atoms with Gasteiger partial charge in [-0.1, -0.05) is 0 Å². The summed E-state index contributed by atoms with van der Waals surface area (Å²) >= 11 is 0. The number of aromatic hydroxyl groups is 1. The smallest absolute Gasteiger partial charge is 0.433 e. The number of hydrogen-bond donors (Lipinski definition) is 3. The molecule has 35 heavy (non-hydrogen) atoms. The Hall–Kier alpha value is -4.48. The highest BCUT2D eigenvalue weighted by Crippen LogP contribution is 2.41. The summed E-state index contributed by atoms with van der Waals surface area (Å²) in [5, 5.41) is 15.8. The standard InChI is InChI=1S/C23H21F3N4O5/c1-33-17-10-14(11-18(34-2)20(17)35-3)28-21-16(8-9-19(29-21)23(24,25)26)22(32)30-27-12-13-4-6-15(31)7-5-13/h4-12,31H,1-3H3,(H,28,29)(H,30,32)/b27-12+. The minimum Gasteiger partial charge on any atom is -0.508 e. The van der Waals surface area contributed by atoms with Gasteiger partial charge in [0, 0.05) is 17.8 Å². The zero-order valence-electron chi connectivity index (χ0n) is 18.8. The molecular weight excluding hydrogens is 469 g/mol. The number of ether oxygens (including phenoxy) is 3. The number of carbonyl (C=O) groups excluding carboxylic acids is 1. The molecule has 0 bridgehead atoms. The number of hydrogen-bond acceptors (Lipinski definition) is 8. The summed E-state index contributed by atoms with van der Waals surface area (Å²) in [5.74, 6) is -0.358. The number of halogens is 3. The number of methoxy groups -OCH3 is 3. The number of aromatic nitrogens is 1. The summed E-state index contributed by atoms with van der Waals surface area (Å²) in [6, 6.07) is 10.6. The molecule has 184 valence electrons. The van der Waals surface area contributed by atoms with Crippen LogP contribution in [0.4, 0.5) is 24.7 Å². The Bertz CT molecular complexity index is 1210. The van der Waals surface area contributed by atoms with Gasteiger partial charge in [-0.15, -0.1) is 0 Å². The van der Waals surface area contributed by atoms with Crippen molar-refractivity contribution in [1.29, 1.82) is 0 Å². The number of anilines is 2. The van der Waals surface area contributed by atoms with Crippen molar-refractivity contribution in [2.75, 3.05) is 26.6 Å². The van der Waals surface area contributed by atoms with E-state index in [4.69, 9.17) is 14.2 Å². The molecule has 3 aromatic rings. The fraction of sp³-hybridized carbons (Fsp3) is 0.174. The van der Waals surface area contributed by atoms with Crippen LogP contribution in [0, 0.1) is 0 Å². The van der Waals surface area contributed by atoms with E-state index in [-0.39, 0.29) is 40.1 Å². The first-order valence-electron chi connectivity index (χ1n) is 9.94. The van der Waals surface area contributed by atoms with E-state index < -0.39 is 17.8 Å². The van der Waals surface area contributed by atoms with E-state index in [1.807, 2.05) is 0 Å². The van der Waals surface area contributed by atoms with Gasteiger partial charge >= 0.3 is 6.18 Å². The van der Waals surface area contributed by atoms with E-state index in [1.165, 1.54) is 51.8 Å². The molecule has 0 unspecified atom stereocenters. The van der Waals surface area contributed by atoms with E-state index in [0.717, 1.165) is 6.07 Å². The lowest BCUT2D eigenvalue weighted by atomic mass is 10.2. The highest BCUT2D eigenvalue weighted by atomic mass is 19.4. The average molecular weight is 490 g/mol. The molecule has 0 radical (unpaired) electrons. The summed E-state index contributed by atoms with van der Waals surface area (Å²) in [6.07, 6.45) is -3.43. The van der Waals surface area contributed by atoms with Gasteiger partial charge in [0.2, 0.25) is 5.75 Å². The molecule has 3 rings (SSSR count). The molecular formula is C23H21F3N4O5. The lowest BCUT2D eigenvalue weighted by molar-refractivity contribution is -0.141. The minimum atomic E-state index is -4.74. The molecule has 0 aliphatic carbocycles. The van der Waals surface area contributed by atoms with Crippen LogP contribution in [0.25, 0.3) is 0 Å². The number of phenolic OH excluding ortho intramolecular Hbond substituents is 1. The topological polar surface area (TPSA) is 114 Å². The lowest BCUT2D eigenvalue weighted by Crippen LogP contribution is -2.21. The molecule has 3 N–H and O–H groups in total. The fourth-order valence-corrected chi connectivity index (χ4v) is 2.97. The van der Waals surface area contributed by atoms with Crippen molar-refractivity contribution in [3.63, 3.8) is 0 Å². The maximum absolute atomic E-state index is 13.3. The van der Waals surface area contributed by atoms with Crippen molar-refractivity contribution in [1.82, 2.24) is 10.4 Å². The highest BCUT2D eigenvalue weighted by Gasteiger charge is 2.33. The van der Waals surface area contributed by atoms with Gasteiger partial charge in [-0.3, -0.25) is 4.79 Å². The molecule has 12 heteroatoms. The van der Waals surface area contributed by atoms with Crippen molar-refractivity contribution in [2.45, 2.75) is 6.18 Å². The molecule has 2 aromatic carbocycles. The van der Waals surface area contributed by atoms with E-state index in [9.17, 15) is 23.1 Å². The lowest BCUT2D eigenvalue weighted by Gasteiger charge is -2.17. The molecule has 0 aliphatic rings. The first kappa shape index (κ1) is 25.1. The van der Waals surface area contributed by atoms with Crippen LogP contribution in [0.2, 0.25) is 0 Å². The van der Waals surface area contributed by atoms with Crippen LogP contribution >= 0.6 is 0 Å². The molecule has 0 atom stereocenters. The number of amides is 1. The largest absolute Gasteiger partial charge is 0.508 e. The van der Waals surface area contributed by atoms with Crippen molar-refractivity contribution < 1.29 is 37.3 Å². The summed E-state index contributed by atoms with van der Waals surface area (Å²) in [7, 11) is 4.17. The second-order valence-electron chi connectivity index (χ2n) is 6.92. The Morgan fingerprint density at radius 3 is 2.17 bits per heavy atom. The van der Waals surface area contributed by atoms with Crippen LogP contribution in [-0.2, 0) is 6.18 Å². The highest BCUT2D eigenvalue weighted by molar-refractivity contribution is 6.00. The van der Waals surface area contributed by atoms with E-state index in [1.54, 1.807) is 12.1 Å². The number of benzene rings is 2. The number of carbonyl (C=O) groups is 1. The van der Waals surface area contributed by atoms with Crippen molar-refractivity contribution in [3.05, 3.63) is 65.4 Å². The Morgan fingerprint density at radius 2 is 1.63 bits per heavy atom. The number of phenols is 1. The first-order chi connectivity index (χ1) is 16.7. The van der Waals surface area contributed by atoms with Gasteiger partial charge in [0.25, 0.3) is 5.91 Å². The third kappa shape index (κ3) is 6.10. The third-order valence-corrected chi connectivity index (χ3v) is 4.63. The van der Waals surface area contributed by atoms with E-state index in [0.29, 0.717) is 11.6 Å². The molecule has 1 aromatic heterocycles. The number of nitrogens with zero attached hydrogens (tertiary/aromatic N) is 2. The Balaban J connectivity index is 1.95. The molecule has 0 fully saturated rings. The number of alkyl halides is 3. The molecule has 0 aliphatic heterocycles. The van der Waals surface area contributed by atoms with Crippen LogP contribution in [-0.4, -0.2) is 43.5 Å². The molecule has 1 amide bonds. The molecule has 0 saturated carbocycles. The summed E-state index contributed by atoms with van der Waals surface area (Å²) < 4.78 is 55.7. The average Bonchev–Trinajstić information content (AvgIpc) is 2.83. The minimum absolute atomic E-state index is 0.0597. The predicted octanol–water partition coefficient (Wildman–Crippen LogP) is 4.34. The maximum atomic E-state index is 13.3. The van der Waals surface area contributed by atoms with Crippen LogP contribution in [0.15, 0.2) is 53.6 Å². The Kier molecular flexibility index (Phi) is 7.64. The van der Waals surface area contributed by atoms with Crippen LogP contribution in [0.5, 0.6) is 23.0 Å². The van der Waals surface area contributed by atoms with Gasteiger partial charge in [-0.05, 0) is 42.0 Å². The normalized spacial score (nSPS) is 11.3. The maximum Gasteiger partial charge on any atom is 0.433 e. The predicted molar refractivity (Wildman–Crippen MR) is 122 cm³/mol. The quantitative estimate of drug-likeness (QED) is 0.318. The number of rotatable bonds is 8. The Morgan fingerprint density at radius 1 is 1.00 bits per heavy atom. The van der Waals surface area contributed by atoms with Gasteiger partial charge in [0.1, 0.15) is 17.3 Å². The third-order valence-electron chi connectivity index (χ3n) is 4.63. The van der Waals surface area contributed by atoms with Gasteiger partial charge in [0.15, 0.2) is 11.5 Å². The summed E-state index contributed by atoms with van der Waals surface area (Å²) in [5.41, 5.74) is 1.65. The molecule has 0 saturated heterocycles. The zero-order chi connectivity index (χ0) is 25.6. The molecule has 1 heterocycles. The number of pyridine rings is 1. The van der Waals surface area contributed by atoms with Crippen LogP contribution in [0.3, 0.4) is 0 Å². The first-order valence-corrected chi connectivity index (χ1v) is 9.94. The Labute approximate surface area is 198 Å².